The average molecular weight is 526 g/mol. The molecule has 3 aliphatic rings. The van der Waals surface area contributed by atoms with Crippen molar-refractivity contribution in [3.8, 4) is 0 Å². The average Bonchev–Trinajstić information content (AvgIpc) is 3.26. The van der Waals surface area contributed by atoms with Gasteiger partial charge in [0.15, 0.2) is 10.8 Å². The van der Waals surface area contributed by atoms with Crippen molar-refractivity contribution in [1.82, 2.24) is 25.0 Å². The fourth-order valence-electron chi connectivity index (χ4n) is 3.84. The Kier molecular flexibility index (Phi) is 7.13. The highest BCUT2D eigenvalue weighted by Gasteiger charge is 2.54. The second kappa shape index (κ2) is 10.1. The number of fused-ring (bicyclic) bond motifs is 1. The largest absolute Gasteiger partial charge is 0.477 e. The first-order chi connectivity index (χ1) is 16.7. The molecule has 0 unspecified atom stereocenters. The van der Waals surface area contributed by atoms with Gasteiger partial charge in [-0.1, -0.05) is 5.16 Å². The van der Waals surface area contributed by atoms with E-state index in [1.165, 1.54) is 17.1 Å². The van der Waals surface area contributed by atoms with E-state index in [0.29, 0.717) is 26.2 Å². The van der Waals surface area contributed by atoms with Gasteiger partial charge in [0.25, 0.3) is 11.8 Å². The number of carboxylic acids is 1. The van der Waals surface area contributed by atoms with Crippen LogP contribution < -0.4 is 11.1 Å². The number of nitrogens with one attached hydrogen (secondary N) is 1. The summed E-state index contributed by atoms with van der Waals surface area (Å²) in [6, 6.07) is -1.04. The van der Waals surface area contributed by atoms with E-state index in [0.717, 1.165) is 16.2 Å². The minimum absolute atomic E-state index is 0.0444. The maximum Gasteiger partial charge on any atom is 0.410 e. The number of carbonyl (C=O) groups is 4. The number of thioether (sulfide) groups is 1. The van der Waals surface area contributed by atoms with Crippen LogP contribution in [0.5, 0.6) is 0 Å². The van der Waals surface area contributed by atoms with Gasteiger partial charge < -0.3 is 35.9 Å². The van der Waals surface area contributed by atoms with Crippen molar-refractivity contribution in [3.05, 3.63) is 22.3 Å². The molecule has 0 spiro atoms. The van der Waals surface area contributed by atoms with Gasteiger partial charge in [0.05, 0.1) is 0 Å². The van der Waals surface area contributed by atoms with E-state index in [4.69, 9.17) is 10.5 Å². The van der Waals surface area contributed by atoms with Crippen LogP contribution in [0.1, 0.15) is 5.69 Å². The molecule has 3 aliphatic heterocycles. The number of nitrogens with zero attached hydrogens (tertiary/aromatic N) is 5. The molecule has 0 radical (unpaired) electrons. The Hall–Kier alpha value is -3.37. The summed E-state index contributed by atoms with van der Waals surface area (Å²) in [4.78, 5) is 58.3. The van der Waals surface area contributed by atoms with Gasteiger partial charge >= 0.3 is 12.1 Å². The number of β-lactam (4-membered cyclic amide) rings is 1. The molecule has 35 heavy (non-hydrogen) atoms. The quantitative estimate of drug-likeness (QED) is 0.155. The summed E-state index contributed by atoms with van der Waals surface area (Å²) in [5, 5.41) is 25.3. The highest BCUT2D eigenvalue weighted by Crippen LogP contribution is 2.40. The molecule has 0 aromatic carbocycles. The predicted octanol–water partition coefficient (Wildman–Crippen LogP) is -0.974. The summed E-state index contributed by atoms with van der Waals surface area (Å²) in [5.74, 6) is -2.66. The second-order valence-corrected chi connectivity index (χ2v) is 9.98. The van der Waals surface area contributed by atoms with Crippen LogP contribution in [0.25, 0.3) is 0 Å². The molecular weight excluding hydrogens is 502 g/mol. The maximum absolute atomic E-state index is 12.8. The molecule has 2 fully saturated rings. The van der Waals surface area contributed by atoms with Crippen LogP contribution in [0, 0.1) is 0 Å². The fourth-order valence-corrected chi connectivity index (χ4v) is 5.72. The number of aliphatic carboxylic acids is 1. The van der Waals surface area contributed by atoms with E-state index >= 15 is 0 Å². The molecule has 16 heteroatoms. The molecule has 5 N–H and O–H groups in total. The first-order valence-corrected chi connectivity index (χ1v) is 12.4. The highest BCUT2D eigenvalue weighted by atomic mass is 32.2. The van der Waals surface area contributed by atoms with Gasteiger partial charge in [-0.3, -0.25) is 14.5 Å². The molecule has 4 heterocycles. The van der Waals surface area contributed by atoms with Crippen LogP contribution in [0.15, 0.2) is 21.8 Å². The molecule has 2 saturated heterocycles. The third kappa shape index (κ3) is 4.89. The molecule has 0 bridgehead atoms. The van der Waals surface area contributed by atoms with Gasteiger partial charge in [-0.2, -0.15) is 0 Å². The first-order valence-electron chi connectivity index (χ1n) is 10.5. The molecule has 0 saturated carbocycles. The smallest absolute Gasteiger partial charge is 0.410 e. The Balaban J connectivity index is 1.42. The minimum atomic E-state index is -1.34. The van der Waals surface area contributed by atoms with Gasteiger partial charge in [-0.15, -0.1) is 23.1 Å². The standard InChI is InChI=1S/C19H23N7O7S2/c1-24-2-4-25(5-3-24)19(31)33-6-9-7-34-16-12(15(28)26(16)13(9)17(29)30)22-14(27)11(23-32)10-8-35-18(20)21-10/h8,12,16,32H,2-7H2,1H3,(H2,20,21)(H,22,27)(H,29,30)/b23-11-/t12-,16-/m1/s1. The van der Waals surface area contributed by atoms with E-state index in [-0.39, 0.29) is 34.5 Å². The van der Waals surface area contributed by atoms with E-state index < -0.39 is 41.0 Å². The van der Waals surface area contributed by atoms with Gasteiger partial charge in [-0.25, -0.2) is 14.6 Å². The number of carboxylic acid groups (broad SMARTS) is 1. The summed E-state index contributed by atoms with van der Waals surface area (Å²) in [6.07, 6.45) is -0.541. The van der Waals surface area contributed by atoms with Crippen molar-refractivity contribution in [2.24, 2.45) is 5.16 Å². The number of aromatic nitrogens is 1. The van der Waals surface area contributed by atoms with Gasteiger partial charge in [0.1, 0.15) is 29.4 Å². The molecule has 0 aliphatic carbocycles. The Morgan fingerprint density at radius 1 is 1.31 bits per heavy atom. The number of hydrogen-bond acceptors (Lipinski definition) is 12. The second-order valence-electron chi connectivity index (χ2n) is 7.98. The SMILES string of the molecule is CN1CCN(C(=O)OCC2=C(C(=O)O)N3C(=O)[C@@H](NC(=O)/C(=N\O)c4csc(N)n4)[C@H]3SC2)CC1. The van der Waals surface area contributed by atoms with Gasteiger partial charge in [0, 0.05) is 42.9 Å². The minimum Gasteiger partial charge on any atom is -0.477 e. The Morgan fingerprint density at radius 2 is 2.03 bits per heavy atom. The van der Waals surface area contributed by atoms with Crippen molar-refractivity contribution < 1.29 is 34.2 Å². The number of likely N-dealkylation sites (N-methyl/N-ethyl adjacent to an activating group) is 1. The van der Waals surface area contributed by atoms with Crippen LogP contribution in [-0.4, -0.2) is 117 Å². The maximum atomic E-state index is 12.8. The Labute approximate surface area is 207 Å². The summed E-state index contributed by atoms with van der Waals surface area (Å²) >= 11 is 2.27. The van der Waals surface area contributed by atoms with E-state index in [9.17, 15) is 29.5 Å². The van der Waals surface area contributed by atoms with Crippen LogP contribution in [0.4, 0.5) is 9.93 Å². The number of anilines is 1. The summed E-state index contributed by atoms with van der Waals surface area (Å²) in [7, 11) is 1.95. The summed E-state index contributed by atoms with van der Waals surface area (Å²) < 4.78 is 5.33. The van der Waals surface area contributed by atoms with Crippen LogP contribution >= 0.6 is 23.1 Å². The number of oxime groups is 1. The summed E-state index contributed by atoms with van der Waals surface area (Å²) in [6.45, 7) is 2.18. The summed E-state index contributed by atoms with van der Waals surface area (Å²) in [5.41, 5.74) is 5.19. The number of hydrogen-bond donors (Lipinski definition) is 4. The topological polar surface area (TPSA) is 191 Å². The molecular formula is C19H23N7O7S2. The fraction of sp³-hybridized carbons (Fsp3) is 0.474. The number of ether oxygens (including phenoxy) is 1. The number of nitrogens with two attached hydrogens (primary N) is 1. The monoisotopic (exact) mass is 525 g/mol. The van der Waals surface area contributed by atoms with Crippen molar-refractivity contribution in [2.45, 2.75) is 11.4 Å². The number of nitrogen functional groups attached to an aromatic ring is 1. The lowest BCUT2D eigenvalue weighted by Gasteiger charge is -2.49. The zero-order chi connectivity index (χ0) is 25.3. The predicted molar refractivity (Wildman–Crippen MR) is 125 cm³/mol. The zero-order valence-corrected chi connectivity index (χ0v) is 20.2. The third-order valence-electron chi connectivity index (χ3n) is 5.75. The number of rotatable bonds is 6. The van der Waals surface area contributed by atoms with Crippen LogP contribution in [0.3, 0.4) is 0 Å². The zero-order valence-electron chi connectivity index (χ0n) is 18.5. The van der Waals surface area contributed by atoms with Crippen molar-refractivity contribution in [2.75, 3.05) is 51.3 Å². The normalized spacial score (nSPS) is 23.0. The van der Waals surface area contributed by atoms with Crippen molar-refractivity contribution >= 4 is 57.8 Å². The molecule has 1 aromatic rings. The third-order valence-corrected chi connectivity index (χ3v) is 7.76. The van der Waals surface area contributed by atoms with E-state index in [1.807, 2.05) is 7.05 Å². The Bertz CT molecular complexity index is 1110. The molecule has 14 nitrogen and oxygen atoms in total. The lowest BCUT2D eigenvalue weighted by molar-refractivity contribution is -0.150. The lowest BCUT2D eigenvalue weighted by Crippen LogP contribution is -2.71. The number of thiazole rings is 1. The number of carbonyl (C=O) groups excluding carboxylic acids is 3. The van der Waals surface area contributed by atoms with Crippen molar-refractivity contribution in [1.29, 1.82) is 0 Å². The van der Waals surface area contributed by atoms with Crippen molar-refractivity contribution in [3.63, 3.8) is 0 Å². The number of piperazine rings is 1. The molecule has 3 amide bonds. The van der Waals surface area contributed by atoms with E-state index in [2.05, 4.69) is 20.4 Å². The lowest BCUT2D eigenvalue weighted by atomic mass is 10.0. The number of amides is 3. The van der Waals surface area contributed by atoms with Gasteiger partial charge in [0.2, 0.25) is 0 Å². The first kappa shape index (κ1) is 24.7. The van der Waals surface area contributed by atoms with Crippen LogP contribution in [-0.2, 0) is 19.1 Å². The Morgan fingerprint density at radius 3 is 2.63 bits per heavy atom. The molecule has 1 aromatic heterocycles. The van der Waals surface area contributed by atoms with Crippen LogP contribution in [0.2, 0.25) is 0 Å². The molecule has 2 atom stereocenters. The molecule has 4 rings (SSSR count). The molecule has 188 valence electrons. The van der Waals surface area contributed by atoms with E-state index in [1.54, 1.807) is 4.90 Å². The highest BCUT2D eigenvalue weighted by molar-refractivity contribution is 8.00. The van der Waals surface area contributed by atoms with Gasteiger partial charge in [-0.05, 0) is 7.05 Å².